The van der Waals surface area contributed by atoms with Gasteiger partial charge in [-0.05, 0) is 38.9 Å². The van der Waals surface area contributed by atoms with Gasteiger partial charge >= 0.3 is 0 Å². The lowest BCUT2D eigenvalue weighted by molar-refractivity contribution is -0.127. The zero-order chi connectivity index (χ0) is 21.8. The molecule has 1 aliphatic rings. The molecule has 31 heavy (non-hydrogen) atoms. The molecule has 1 amide bonds. The molecule has 164 valence electrons. The Morgan fingerprint density at radius 2 is 2.10 bits per heavy atom. The van der Waals surface area contributed by atoms with Gasteiger partial charge < -0.3 is 14.6 Å². The maximum absolute atomic E-state index is 13.2. The van der Waals surface area contributed by atoms with Crippen molar-refractivity contribution in [3.8, 4) is 5.75 Å². The highest BCUT2D eigenvalue weighted by molar-refractivity contribution is 7.09. The smallest absolute Gasteiger partial charge is 0.224 e. The Kier molecular flexibility index (Phi) is 6.67. The number of imidazole rings is 1. The normalized spacial score (nSPS) is 16.2. The van der Waals surface area contributed by atoms with Gasteiger partial charge in [0.15, 0.2) is 0 Å². The number of benzene rings is 1. The Hall–Kier alpha value is -2.71. The number of carbonyl (C=O) groups is 1. The number of piperidine rings is 1. The van der Waals surface area contributed by atoms with Crippen molar-refractivity contribution in [2.45, 2.75) is 32.4 Å². The van der Waals surface area contributed by atoms with Crippen molar-refractivity contribution in [1.29, 1.82) is 0 Å². The first-order valence-corrected chi connectivity index (χ1v) is 11.5. The molecule has 0 aliphatic carbocycles. The van der Waals surface area contributed by atoms with E-state index in [-0.39, 0.29) is 17.9 Å². The summed E-state index contributed by atoms with van der Waals surface area (Å²) in [5, 5.41) is 6.48. The van der Waals surface area contributed by atoms with E-state index < -0.39 is 0 Å². The number of nitrogens with zero attached hydrogens (tertiary/aromatic N) is 4. The number of carbonyl (C=O) groups excluding carboxylic acids is 1. The molecule has 2 aromatic heterocycles. The minimum absolute atomic E-state index is 0.00843. The molecule has 1 aromatic carbocycles. The SMILES string of the molecule is COc1ccccc1C(NC(=O)C1CCN(Cc2csc(C)n2)CC1)c1nccn1C. The van der Waals surface area contributed by atoms with E-state index in [9.17, 15) is 4.79 Å². The van der Waals surface area contributed by atoms with Crippen molar-refractivity contribution in [2.75, 3.05) is 20.2 Å². The van der Waals surface area contributed by atoms with Crippen molar-refractivity contribution < 1.29 is 9.53 Å². The second-order valence-corrected chi connectivity index (χ2v) is 9.05. The fourth-order valence-electron chi connectivity index (χ4n) is 4.16. The molecule has 0 radical (unpaired) electrons. The molecule has 1 saturated heterocycles. The number of methoxy groups -OCH3 is 1. The molecule has 1 atom stereocenters. The summed E-state index contributed by atoms with van der Waals surface area (Å²) >= 11 is 1.69. The van der Waals surface area contributed by atoms with E-state index in [1.807, 2.05) is 49.0 Å². The third kappa shape index (κ3) is 4.97. The van der Waals surface area contributed by atoms with Crippen LogP contribution < -0.4 is 10.1 Å². The first kappa shape index (κ1) is 21.5. The lowest BCUT2D eigenvalue weighted by atomic mass is 9.94. The zero-order valence-electron chi connectivity index (χ0n) is 18.2. The molecule has 7 nitrogen and oxygen atoms in total. The quantitative estimate of drug-likeness (QED) is 0.612. The monoisotopic (exact) mass is 439 g/mol. The van der Waals surface area contributed by atoms with Crippen molar-refractivity contribution in [2.24, 2.45) is 13.0 Å². The Bertz CT molecular complexity index is 1020. The molecule has 3 heterocycles. The van der Waals surface area contributed by atoms with E-state index in [1.165, 1.54) is 0 Å². The standard InChI is InChI=1S/C23H29N5O2S/c1-16-25-18(15-31-16)14-28-11-8-17(9-12-28)23(29)26-21(22-24-10-13-27(22)2)19-6-4-5-7-20(19)30-3/h4-7,10,13,15,17,21H,8-9,11-12,14H2,1-3H3,(H,26,29). The van der Waals surface area contributed by atoms with E-state index in [2.05, 4.69) is 25.6 Å². The maximum Gasteiger partial charge on any atom is 0.224 e. The molecule has 0 saturated carbocycles. The molecule has 8 heteroatoms. The molecule has 0 spiro atoms. The largest absolute Gasteiger partial charge is 0.496 e. The molecular weight excluding hydrogens is 410 g/mol. The number of aromatic nitrogens is 3. The Labute approximate surface area is 187 Å². The number of hydrogen-bond acceptors (Lipinski definition) is 6. The van der Waals surface area contributed by atoms with Gasteiger partial charge in [-0.2, -0.15) is 0 Å². The van der Waals surface area contributed by atoms with Crippen molar-refractivity contribution >= 4 is 17.2 Å². The van der Waals surface area contributed by atoms with Crippen molar-refractivity contribution in [3.05, 3.63) is 64.1 Å². The zero-order valence-corrected chi connectivity index (χ0v) is 19.1. The molecule has 0 bridgehead atoms. The number of likely N-dealkylation sites (tertiary alicyclic amines) is 1. The van der Waals surface area contributed by atoms with Crippen LogP contribution >= 0.6 is 11.3 Å². The van der Waals surface area contributed by atoms with Gasteiger partial charge in [0, 0.05) is 42.8 Å². The van der Waals surface area contributed by atoms with Gasteiger partial charge in [0.1, 0.15) is 17.6 Å². The Balaban J connectivity index is 1.44. The van der Waals surface area contributed by atoms with Gasteiger partial charge in [-0.1, -0.05) is 18.2 Å². The summed E-state index contributed by atoms with van der Waals surface area (Å²) in [7, 11) is 3.59. The molecule has 1 N–H and O–H groups in total. The van der Waals surface area contributed by atoms with Crippen LogP contribution in [0, 0.1) is 12.8 Å². The lowest BCUT2D eigenvalue weighted by Gasteiger charge is -2.32. The van der Waals surface area contributed by atoms with E-state index in [0.29, 0.717) is 0 Å². The number of aryl methyl sites for hydroxylation is 2. The average Bonchev–Trinajstić information content (AvgIpc) is 3.40. The van der Waals surface area contributed by atoms with Crippen LogP contribution in [0.5, 0.6) is 5.75 Å². The minimum atomic E-state index is -0.361. The highest BCUT2D eigenvalue weighted by Crippen LogP contribution is 2.30. The molecular formula is C23H29N5O2S. The highest BCUT2D eigenvalue weighted by atomic mass is 32.1. The van der Waals surface area contributed by atoms with Crippen molar-refractivity contribution in [3.63, 3.8) is 0 Å². The number of amides is 1. The highest BCUT2D eigenvalue weighted by Gasteiger charge is 2.30. The summed E-state index contributed by atoms with van der Waals surface area (Å²) in [5.74, 6) is 1.59. The van der Waals surface area contributed by atoms with Crippen LogP contribution in [0.3, 0.4) is 0 Å². The number of ether oxygens (including phenoxy) is 1. The van der Waals surface area contributed by atoms with E-state index in [0.717, 1.165) is 60.3 Å². The van der Waals surface area contributed by atoms with Crippen molar-refractivity contribution in [1.82, 2.24) is 24.8 Å². The van der Waals surface area contributed by atoms with Gasteiger partial charge in [-0.3, -0.25) is 9.69 Å². The maximum atomic E-state index is 13.2. The summed E-state index contributed by atoms with van der Waals surface area (Å²) in [6.45, 7) is 4.69. The molecule has 4 rings (SSSR count). The Morgan fingerprint density at radius 3 is 2.74 bits per heavy atom. The van der Waals surface area contributed by atoms with Gasteiger partial charge in [-0.15, -0.1) is 11.3 Å². The van der Waals surface area contributed by atoms with Gasteiger partial charge in [0.25, 0.3) is 0 Å². The van der Waals surface area contributed by atoms with Crippen LogP contribution in [0.15, 0.2) is 42.0 Å². The summed E-state index contributed by atoms with van der Waals surface area (Å²) in [4.78, 5) is 24.7. The summed E-state index contributed by atoms with van der Waals surface area (Å²) in [6, 6.07) is 7.42. The summed E-state index contributed by atoms with van der Waals surface area (Å²) in [6.07, 6.45) is 5.33. The van der Waals surface area contributed by atoms with Crippen LogP contribution in [0.4, 0.5) is 0 Å². The second-order valence-electron chi connectivity index (χ2n) is 7.99. The Morgan fingerprint density at radius 1 is 1.32 bits per heavy atom. The van der Waals surface area contributed by atoms with Crippen LogP contribution in [-0.4, -0.2) is 45.5 Å². The molecule has 3 aromatic rings. The third-order valence-electron chi connectivity index (χ3n) is 5.86. The first-order valence-electron chi connectivity index (χ1n) is 10.6. The third-order valence-corrected chi connectivity index (χ3v) is 6.69. The topological polar surface area (TPSA) is 72.3 Å². The van der Waals surface area contributed by atoms with E-state index in [1.54, 1.807) is 24.6 Å². The van der Waals surface area contributed by atoms with E-state index >= 15 is 0 Å². The van der Waals surface area contributed by atoms with Crippen LogP contribution in [0.1, 0.15) is 41.0 Å². The molecule has 1 aliphatic heterocycles. The fraction of sp³-hybridized carbons (Fsp3) is 0.435. The fourth-order valence-corrected chi connectivity index (χ4v) is 4.77. The number of hydrogen-bond donors (Lipinski definition) is 1. The number of thiazole rings is 1. The molecule has 1 unspecified atom stereocenters. The van der Waals surface area contributed by atoms with Gasteiger partial charge in [-0.25, -0.2) is 9.97 Å². The summed E-state index contributed by atoms with van der Waals surface area (Å²) in [5.41, 5.74) is 2.03. The lowest BCUT2D eigenvalue weighted by Crippen LogP contribution is -2.42. The number of nitrogens with one attached hydrogen (secondary N) is 1. The van der Waals surface area contributed by atoms with Gasteiger partial charge in [0.05, 0.1) is 17.8 Å². The van der Waals surface area contributed by atoms with Crippen LogP contribution in [0.2, 0.25) is 0 Å². The number of para-hydroxylation sites is 1. The van der Waals surface area contributed by atoms with Crippen LogP contribution in [-0.2, 0) is 18.4 Å². The molecule has 1 fully saturated rings. The average molecular weight is 440 g/mol. The number of rotatable bonds is 7. The first-order chi connectivity index (χ1) is 15.0. The second kappa shape index (κ2) is 9.62. The summed E-state index contributed by atoms with van der Waals surface area (Å²) < 4.78 is 7.50. The minimum Gasteiger partial charge on any atom is -0.496 e. The van der Waals surface area contributed by atoms with Crippen LogP contribution in [0.25, 0.3) is 0 Å². The predicted octanol–water partition coefficient (Wildman–Crippen LogP) is 3.31. The van der Waals surface area contributed by atoms with Gasteiger partial charge in [0.2, 0.25) is 5.91 Å². The predicted molar refractivity (Wildman–Crippen MR) is 121 cm³/mol. The van der Waals surface area contributed by atoms with E-state index in [4.69, 9.17) is 4.74 Å².